The van der Waals surface area contributed by atoms with Crippen LogP contribution in [0.15, 0.2) is 42.5 Å². The molecule has 2 aromatic rings. The lowest BCUT2D eigenvalue weighted by Gasteiger charge is -2.13. The van der Waals surface area contributed by atoms with Crippen LogP contribution in [0.3, 0.4) is 0 Å². The summed E-state index contributed by atoms with van der Waals surface area (Å²) in [6, 6.07) is 8.79. The highest BCUT2D eigenvalue weighted by Gasteiger charge is 2.34. The fourth-order valence-electron chi connectivity index (χ4n) is 1.71. The van der Waals surface area contributed by atoms with Gasteiger partial charge in [0.25, 0.3) is 5.91 Å². The minimum Gasteiger partial charge on any atom is -0.321 e. The van der Waals surface area contributed by atoms with Gasteiger partial charge in [0.05, 0.1) is 21.8 Å². The molecule has 0 atom stereocenters. The molecular formula is C14H8Cl2F3NO. The van der Waals surface area contributed by atoms with Gasteiger partial charge >= 0.3 is 6.18 Å². The molecule has 2 rings (SSSR count). The fraction of sp³-hybridized carbons (Fsp3) is 0.0714. The first-order chi connectivity index (χ1) is 9.79. The summed E-state index contributed by atoms with van der Waals surface area (Å²) in [6.45, 7) is 0. The number of halogens is 5. The van der Waals surface area contributed by atoms with Gasteiger partial charge in [0, 0.05) is 5.02 Å². The Hall–Kier alpha value is -1.72. The Balaban J connectivity index is 2.33. The maximum absolute atomic E-state index is 12.9. The van der Waals surface area contributed by atoms with Gasteiger partial charge in [-0.3, -0.25) is 4.79 Å². The van der Waals surface area contributed by atoms with Crippen molar-refractivity contribution in [1.29, 1.82) is 0 Å². The lowest BCUT2D eigenvalue weighted by molar-refractivity contribution is -0.137. The van der Waals surface area contributed by atoms with Crippen molar-refractivity contribution in [3.05, 3.63) is 63.6 Å². The van der Waals surface area contributed by atoms with E-state index in [-0.39, 0.29) is 10.7 Å². The van der Waals surface area contributed by atoms with Gasteiger partial charge in [0.15, 0.2) is 0 Å². The van der Waals surface area contributed by atoms with E-state index in [1.165, 1.54) is 30.3 Å². The number of nitrogens with one attached hydrogen (secondary N) is 1. The molecular weight excluding hydrogens is 326 g/mol. The quantitative estimate of drug-likeness (QED) is 0.797. The maximum Gasteiger partial charge on any atom is 0.417 e. The number of alkyl halides is 3. The van der Waals surface area contributed by atoms with Gasteiger partial charge in [-0.05, 0) is 30.3 Å². The molecule has 0 radical (unpaired) electrons. The summed E-state index contributed by atoms with van der Waals surface area (Å²) in [5, 5.41) is 2.83. The van der Waals surface area contributed by atoms with E-state index in [0.29, 0.717) is 5.02 Å². The number of benzene rings is 2. The first kappa shape index (κ1) is 15.7. The summed E-state index contributed by atoms with van der Waals surface area (Å²) >= 11 is 11.6. The Morgan fingerprint density at radius 3 is 2.33 bits per heavy atom. The molecule has 0 heterocycles. The van der Waals surface area contributed by atoms with Crippen molar-refractivity contribution in [1.82, 2.24) is 0 Å². The number of amides is 1. The fourth-order valence-corrected chi connectivity index (χ4v) is 2.16. The largest absolute Gasteiger partial charge is 0.417 e. The molecule has 0 aliphatic carbocycles. The molecule has 2 aromatic carbocycles. The number of carbonyl (C=O) groups excluding carboxylic acids is 1. The van der Waals surface area contributed by atoms with Gasteiger partial charge < -0.3 is 5.32 Å². The van der Waals surface area contributed by atoms with Gasteiger partial charge in [0.1, 0.15) is 0 Å². The zero-order valence-electron chi connectivity index (χ0n) is 10.3. The third-order valence-corrected chi connectivity index (χ3v) is 3.20. The van der Waals surface area contributed by atoms with Crippen molar-refractivity contribution in [2.45, 2.75) is 6.18 Å². The predicted octanol–water partition coefficient (Wildman–Crippen LogP) is 5.26. The molecule has 1 amide bonds. The molecule has 0 aromatic heterocycles. The first-order valence-corrected chi connectivity index (χ1v) is 6.47. The lowest BCUT2D eigenvalue weighted by atomic mass is 10.1. The minimum atomic E-state index is -4.61. The van der Waals surface area contributed by atoms with E-state index in [9.17, 15) is 18.0 Å². The van der Waals surface area contributed by atoms with Crippen molar-refractivity contribution in [2.75, 3.05) is 5.32 Å². The van der Waals surface area contributed by atoms with Gasteiger partial charge in [-0.25, -0.2) is 0 Å². The molecule has 21 heavy (non-hydrogen) atoms. The molecule has 7 heteroatoms. The van der Waals surface area contributed by atoms with Crippen LogP contribution in [0.1, 0.15) is 15.9 Å². The second-order valence-corrected chi connectivity index (χ2v) is 4.97. The van der Waals surface area contributed by atoms with E-state index < -0.39 is 23.2 Å². The van der Waals surface area contributed by atoms with Gasteiger partial charge in [0.2, 0.25) is 0 Å². The smallest absolute Gasteiger partial charge is 0.321 e. The zero-order chi connectivity index (χ0) is 15.6. The highest BCUT2D eigenvalue weighted by molar-refractivity contribution is 6.36. The maximum atomic E-state index is 12.9. The Morgan fingerprint density at radius 1 is 1.05 bits per heavy atom. The van der Waals surface area contributed by atoms with E-state index in [1.807, 2.05) is 0 Å². The highest BCUT2D eigenvalue weighted by atomic mass is 35.5. The van der Waals surface area contributed by atoms with Crippen LogP contribution in [-0.4, -0.2) is 5.91 Å². The van der Waals surface area contributed by atoms with Crippen molar-refractivity contribution in [3.8, 4) is 0 Å². The first-order valence-electron chi connectivity index (χ1n) is 5.71. The van der Waals surface area contributed by atoms with Crippen LogP contribution >= 0.6 is 23.2 Å². The van der Waals surface area contributed by atoms with Crippen molar-refractivity contribution in [2.24, 2.45) is 0 Å². The number of anilines is 1. The molecule has 1 N–H and O–H groups in total. The topological polar surface area (TPSA) is 29.1 Å². The predicted molar refractivity (Wildman–Crippen MR) is 75.9 cm³/mol. The molecule has 0 saturated heterocycles. The Labute approximate surface area is 128 Å². The third kappa shape index (κ3) is 3.68. The Kier molecular flexibility index (Phi) is 4.44. The summed E-state index contributed by atoms with van der Waals surface area (Å²) in [4.78, 5) is 12.0. The minimum absolute atomic E-state index is 0.139. The van der Waals surface area contributed by atoms with E-state index in [0.717, 1.165) is 12.1 Å². The summed E-state index contributed by atoms with van der Waals surface area (Å²) in [7, 11) is 0. The van der Waals surface area contributed by atoms with E-state index in [1.54, 1.807) is 0 Å². The van der Waals surface area contributed by atoms with Gasteiger partial charge in [-0.1, -0.05) is 35.3 Å². The second-order valence-electron chi connectivity index (χ2n) is 4.12. The molecule has 0 bridgehead atoms. The average Bonchev–Trinajstić information content (AvgIpc) is 2.41. The summed E-state index contributed by atoms with van der Waals surface area (Å²) in [5.41, 5.74) is -1.30. The van der Waals surface area contributed by atoms with E-state index in [2.05, 4.69) is 5.32 Å². The molecule has 0 unspecified atom stereocenters. The van der Waals surface area contributed by atoms with Crippen LogP contribution < -0.4 is 5.32 Å². The number of rotatable bonds is 2. The molecule has 0 fully saturated rings. The molecule has 2 nitrogen and oxygen atoms in total. The van der Waals surface area contributed by atoms with Gasteiger partial charge in [-0.15, -0.1) is 0 Å². The van der Waals surface area contributed by atoms with Crippen LogP contribution in [0, 0.1) is 0 Å². The van der Waals surface area contributed by atoms with Crippen LogP contribution in [-0.2, 0) is 6.18 Å². The number of hydrogen-bond acceptors (Lipinski definition) is 1. The van der Waals surface area contributed by atoms with Crippen molar-refractivity contribution >= 4 is 34.8 Å². The normalized spacial score (nSPS) is 11.3. The van der Waals surface area contributed by atoms with Crippen LogP contribution in [0.25, 0.3) is 0 Å². The van der Waals surface area contributed by atoms with Crippen LogP contribution in [0.2, 0.25) is 10.0 Å². The number of hydrogen-bond donors (Lipinski definition) is 1. The van der Waals surface area contributed by atoms with E-state index in [4.69, 9.17) is 23.2 Å². The Morgan fingerprint density at radius 2 is 1.71 bits per heavy atom. The van der Waals surface area contributed by atoms with Crippen molar-refractivity contribution < 1.29 is 18.0 Å². The third-order valence-electron chi connectivity index (χ3n) is 2.66. The van der Waals surface area contributed by atoms with E-state index >= 15 is 0 Å². The monoisotopic (exact) mass is 333 g/mol. The molecule has 0 aliphatic heterocycles. The van der Waals surface area contributed by atoms with Gasteiger partial charge in [-0.2, -0.15) is 13.2 Å². The Bertz CT molecular complexity index is 686. The molecule has 0 spiro atoms. The molecule has 0 saturated carbocycles. The van der Waals surface area contributed by atoms with Crippen LogP contribution in [0.4, 0.5) is 18.9 Å². The summed E-state index contributed by atoms with van der Waals surface area (Å²) in [5.74, 6) is -0.896. The lowest BCUT2D eigenvalue weighted by Crippen LogP contribution is -2.18. The molecule has 0 aliphatic rings. The standard InChI is InChI=1S/C14H8Cl2F3NO/c15-8-5-6-12(11(16)7-8)20-13(21)9-3-1-2-4-10(9)14(17,18)19/h1-7H,(H,20,21). The average molecular weight is 334 g/mol. The SMILES string of the molecule is O=C(Nc1ccc(Cl)cc1Cl)c1ccccc1C(F)(F)F. The summed E-state index contributed by atoms with van der Waals surface area (Å²) < 4.78 is 38.6. The van der Waals surface area contributed by atoms with Crippen LogP contribution in [0.5, 0.6) is 0 Å². The highest BCUT2D eigenvalue weighted by Crippen LogP contribution is 2.33. The molecule has 110 valence electrons. The second kappa shape index (κ2) is 5.95. The van der Waals surface area contributed by atoms with Crippen molar-refractivity contribution in [3.63, 3.8) is 0 Å². The zero-order valence-corrected chi connectivity index (χ0v) is 11.9. The summed E-state index contributed by atoms with van der Waals surface area (Å²) in [6.07, 6.45) is -4.61. The number of carbonyl (C=O) groups is 1.